The van der Waals surface area contributed by atoms with Gasteiger partial charge in [0.25, 0.3) is 0 Å². The minimum absolute atomic E-state index is 0.872. The Balaban J connectivity index is 2.19. The molecular weight excluding hydrogens is 66.0 g/mol. The van der Waals surface area contributed by atoms with Crippen LogP contribution in [0.4, 0.5) is 0 Å². The standard InChI is InChI=1S/C3H8NO/c1-2-3-5-4/h3H,2,4H2,1H3. The van der Waals surface area contributed by atoms with Crippen molar-refractivity contribution in [3.63, 3.8) is 0 Å². The van der Waals surface area contributed by atoms with E-state index in [2.05, 4.69) is 10.7 Å². The van der Waals surface area contributed by atoms with Gasteiger partial charge in [0, 0.05) is 0 Å². The summed E-state index contributed by atoms with van der Waals surface area (Å²) in [4.78, 5) is 4.07. The van der Waals surface area contributed by atoms with E-state index in [-0.39, 0.29) is 0 Å². The Bertz CT molecular complexity index is 14.4. The molecule has 0 spiro atoms. The average molecular weight is 74.1 g/mol. The van der Waals surface area contributed by atoms with E-state index in [1.165, 1.54) is 6.61 Å². The van der Waals surface area contributed by atoms with Crippen LogP contribution in [0.3, 0.4) is 0 Å². The van der Waals surface area contributed by atoms with E-state index in [4.69, 9.17) is 0 Å². The van der Waals surface area contributed by atoms with Crippen LogP contribution in [0.15, 0.2) is 0 Å². The minimum Gasteiger partial charge on any atom is -0.299 e. The van der Waals surface area contributed by atoms with Crippen LogP contribution in [0.1, 0.15) is 13.3 Å². The second-order valence-electron chi connectivity index (χ2n) is 0.711. The van der Waals surface area contributed by atoms with Gasteiger partial charge in [0.15, 0.2) is 0 Å². The maximum absolute atomic E-state index is 4.58. The molecule has 2 nitrogen and oxygen atoms in total. The third-order valence-electron chi connectivity index (χ3n) is 0.263. The molecule has 0 aromatic rings. The lowest BCUT2D eigenvalue weighted by Gasteiger charge is -1.82. The molecule has 0 aliphatic rings. The molecular formula is C3H8NO. The van der Waals surface area contributed by atoms with Gasteiger partial charge in [0.1, 0.15) is 6.61 Å². The van der Waals surface area contributed by atoms with Crippen molar-refractivity contribution >= 4 is 0 Å². The monoisotopic (exact) mass is 74.1 g/mol. The molecule has 0 amide bonds. The summed E-state index contributed by atoms with van der Waals surface area (Å²) in [6, 6.07) is 0. The third-order valence-corrected chi connectivity index (χ3v) is 0.263. The molecule has 0 unspecified atom stereocenters. The van der Waals surface area contributed by atoms with Crippen LogP contribution in [-0.4, -0.2) is 0 Å². The fourth-order valence-corrected chi connectivity index (χ4v) is 0.0962. The second kappa shape index (κ2) is 3.92. The second-order valence-corrected chi connectivity index (χ2v) is 0.711. The third kappa shape index (κ3) is 3.92. The van der Waals surface area contributed by atoms with Crippen molar-refractivity contribution in [1.82, 2.24) is 0 Å². The summed E-state index contributed by atoms with van der Waals surface area (Å²) < 4.78 is 0. The highest BCUT2D eigenvalue weighted by Crippen LogP contribution is 1.76. The molecule has 0 bridgehead atoms. The van der Waals surface area contributed by atoms with E-state index >= 15 is 0 Å². The van der Waals surface area contributed by atoms with E-state index in [9.17, 15) is 0 Å². The highest BCUT2D eigenvalue weighted by molar-refractivity contribution is 4.36. The lowest BCUT2D eigenvalue weighted by Crippen LogP contribution is -1.92. The first kappa shape index (κ1) is 4.92. The zero-order chi connectivity index (χ0) is 4.12. The van der Waals surface area contributed by atoms with E-state index in [1.54, 1.807) is 0 Å². The van der Waals surface area contributed by atoms with E-state index in [0.29, 0.717) is 0 Å². The summed E-state index contributed by atoms with van der Waals surface area (Å²) in [5.74, 6) is 4.58. The van der Waals surface area contributed by atoms with Gasteiger partial charge in [-0.1, -0.05) is 6.92 Å². The Morgan fingerprint density at radius 3 is 2.60 bits per heavy atom. The topological polar surface area (TPSA) is 35.2 Å². The normalized spacial score (nSPS) is 8.40. The van der Waals surface area contributed by atoms with Gasteiger partial charge >= 0.3 is 0 Å². The predicted molar refractivity (Wildman–Crippen MR) is 19.9 cm³/mol. The van der Waals surface area contributed by atoms with E-state index < -0.39 is 0 Å². The summed E-state index contributed by atoms with van der Waals surface area (Å²) in [7, 11) is 0. The molecule has 0 fully saturated rings. The first-order valence-electron chi connectivity index (χ1n) is 1.59. The first-order valence-corrected chi connectivity index (χ1v) is 1.59. The van der Waals surface area contributed by atoms with Crippen molar-refractivity contribution in [1.29, 1.82) is 0 Å². The van der Waals surface area contributed by atoms with Gasteiger partial charge in [0.2, 0.25) is 0 Å². The quantitative estimate of drug-likeness (QED) is 0.482. The molecule has 0 saturated heterocycles. The van der Waals surface area contributed by atoms with Gasteiger partial charge in [0.05, 0.1) is 0 Å². The largest absolute Gasteiger partial charge is 0.299 e. The summed E-state index contributed by atoms with van der Waals surface area (Å²) in [5.41, 5.74) is 0. The molecule has 0 rings (SSSR count). The smallest absolute Gasteiger partial charge is 0.107 e. The van der Waals surface area contributed by atoms with Crippen LogP contribution in [0.5, 0.6) is 0 Å². The van der Waals surface area contributed by atoms with Crippen molar-refractivity contribution < 1.29 is 4.84 Å². The highest BCUT2D eigenvalue weighted by atomic mass is 16.6. The molecule has 5 heavy (non-hydrogen) atoms. The van der Waals surface area contributed by atoms with Gasteiger partial charge in [-0.3, -0.25) is 4.84 Å². The molecule has 0 saturated carbocycles. The number of hydrogen-bond donors (Lipinski definition) is 1. The zero-order valence-corrected chi connectivity index (χ0v) is 3.27. The maximum Gasteiger partial charge on any atom is 0.107 e. The van der Waals surface area contributed by atoms with Crippen LogP contribution < -0.4 is 5.90 Å². The van der Waals surface area contributed by atoms with E-state index in [0.717, 1.165) is 6.42 Å². The summed E-state index contributed by atoms with van der Waals surface area (Å²) >= 11 is 0. The van der Waals surface area contributed by atoms with E-state index in [1.807, 2.05) is 6.92 Å². The van der Waals surface area contributed by atoms with Gasteiger partial charge in [-0.15, -0.1) is 0 Å². The summed E-state index contributed by atoms with van der Waals surface area (Å²) in [6.45, 7) is 3.48. The summed E-state index contributed by atoms with van der Waals surface area (Å²) in [5, 5.41) is 0. The Morgan fingerprint density at radius 2 is 2.60 bits per heavy atom. The van der Waals surface area contributed by atoms with Crippen LogP contribution in [0, 0.1) is 6.61 Å². The molecule has 0 aromatic heterocycles. The Morgan fingerprint density at radius 1 is 2.00 bits per heavy atom. The molecule has 2 heteroatoms. The van der Waals surface area contributed by atoms with Crippen molar-refractivity contribution in [3.8, 4) is 0 Å². The molecule has 0 aromatic carbocycles. The van der Waals surface area contributed by atoms with Gasteiger partial charge in [-0.25, -0.2) is 5.90 Å². The van der Waals surface area contributed by atoms with Gasteiger partial charge in [-0.05, 0) is 6.42 Å². The lowest BCUT2D eigenvalue weighted by atomic mass is 10.5. The van der Waals surface area contributed by atoms with Crippen LogP contribution in [0.2, 0.25) is 0 Å². The molecule has 31 valence electrons. The van der Waals surface area contributed by atoms with Crippen LogP contribution in [0.25, 0.3) is 0 Å². The molecule has 0 aliphatic heterocycles. The van der Waals surface area contributed by atoms with Crippen LogP contribution in [-0.2, 0) is 4.84 Å². The van der Waals surface area contributed by atoms with Crippen molar-refractivity contribution in [3.05, 3.63) is 6.61 Å². The van der Waals surface area contributed by atoms with Crippen molar-refractivity contribution in [2.75, 3.05) is 0 Å². The van der Waals surface area contributed by atoms with Crippen molar-refractivity contribution in [2.45, 2.75) is 13.3 Å². The lowest BCUT2D eigenvalue weighted by molar-refractivity contribution is 0.201. The zero-order valence-electron chi connectivity index (χ0n) is 3.27. The summed E-state index contributed by atoms with van der Waals surface area (Å²) in [6.07, 6.45) is 0.872. The molecule has 1 radical (unpaired) electrons. The average Bonchev–Trinajstić information content (AvgIpc) is 1.41. The number of nitrogens with two attached hydrogens (primary N) is 1. The van der Waals surface area contributed by atoms with Crippen LogP contribution >= 0.6 is 0 Å². The molecule has 0 atom stereocenters. The minimum atomic E-state index is 0.872. The Kier molecular flexibility index (Phi) is 3.86. The Hall–Kier alpha value is -0.0800. The fraction of sp³-hybridized carbons (Fsp3) is 0.667. The number of hydrogen-bond acceptors (Lipinski definition) is 2. The number of rotatable bonds is 2. The maximum atomic E-state index is 4.58. The molecule has 0 heterocycles. The van der Waals surface area contributed by atoms with Crippen molar-refractivity contribution in [2.24, 2.45) is 5.90 Å². The highest BCUT2D eigenvalue weighted by Gasteiger charge is 1.68. The first-order chi connectivity index (χ1) is 2.41. The SMILES string of the molecule is CC[CH]ON. The Labute approximate surface area is 31.9 Å². The van der Waals surface area contributed by atoms with Gasteiger partial charge in [-0.2, -0.15) is 0 Å². The fourth-order valence-electron chi connectivity index (χ4n) is 0.0962. The predicted octanol–water partition coefficient (Wildman–Crippen LogP) is 0.448. The molecule has 0 aliphatic carbocycles. The van der Waals surface area contributed by atoms with Gasteiger partial charge < -0.3 is 0 Å². The molecule has 2 N–H and O–H groups in total.